The minimum absolute atomic E-state index is 0.0426. The Kier molecular flexibility index (Phi) is 3.99. The van der Waals surface area contributed by atoms with E-state index in [4.69, 9.17) is 10.5 Å². The van der Waals surface area contributed by atoms with Crippen molar-refractivity contribution in [3.63, 3.8) is 0 Å². The molecule has 1 aromatic carbocycles. The van der Waals surface area contributed by atoms with Crippen molar-refractivity contribution < 1.29 is 9.53 Å². The Balaban J connectivity index is 2.13. The minimum atomic E-state index is -0.0532. The lowest BCUT2D eigenvalue weighted by molar-refractivity contribution is -0.0625. The van der Waals surface area contributed by atoms with Gasteiger partial charge in [-0.3, -0.25) is 4.79 Å². The Hall–Kier alpha value is -1.39. The van der Waals surface area contributed by atoms with Crippen molar-refractivity contribution in [3.05, 3.63) is 35.4 Å². The molecule has 2 N–H and O–H groups in total. The Morgan fingerprint density at radius 3 is 2.94 bits per heavy atom. The predicted octanol–water partition coefficient (Wildman–Crippen LogP) is 1.18. The van der Waals surface area contributed by atoms with Crippen LogP contribution >= 0.6 is 0 Å². The highest BCUT2D eigenvalue weighted by Gasteiger charge is 2.28. The smallest absolute Gasteiger partial charge is 0.254 e. The predicted molar refractivity (Wildman–Crippen MR) is 70.5 cm³/mol. The fourth-order valence-electron chi connectivity index (χ4n) is 2.30. The van der Waals surface area contributed by atoms with E-state index in [9.17, 15) is 4.79 Å². The lowest BCUT2D eigenvalue weighted by Gasteiger charge is -2.36. The summed E-state index contributed by atoms with van der Waals surface area (Å²) in [5.74, 6) is 0.0623. The molecule has 1 aromatic rings. The van der Waals surface area contributed by atoms with Gasteiger partial charge in [0.15, 0.2) is 0 Å². The van der Waals surface area contributed by atoms with Crippen LogP contribution in [0.15, 0.2) is 24.3 Å². The largest absolute Gasteiger partial charge is 0.370 e. The fraction of sp³-hybridized carbons (Fsp3) is 0.500. The highest BCUT2D eigenvalue weighted by atomic mass is 16.5. The second-order valence-corrected chi connectivity index (χ2v) is 4.88. The molecule has 1 aliphatic rings. The van der Waals surface area contributed by atoms with Gasteiger partial charge in [-0.15, -0.1) is 0 Å². The molecule has 1 heterocycles. The SMILES string of the molecule is Cc1cccc(C(=O)N2CC(C)OC(CN)C2)c1. The van der Waals surface area contributed by atoms with E-state index in [1.165, 1.54) is 0 Å². The maximum absolute atomic E-state index is 12.4. The van der Waals surface area contributed by atoms with Crippen molar-refractivity contribution in [2.45, 2.75) is 26.1 Å². The molecule has 0 aliphatic carbocycles. The number of hydrogen-bond donors (Lipinski definition) is 1. The first-order chi connectivity index (χ1) is 8.60. The molecule has 2 rings (SSSR count). The Morgan fingerprint density at radius 1 is 1.50 bits per heavy atom. The summed E-state index contributed by atoms with van der Waals surface area (Å²) in [5, 5.41) is 0. The summed E-state index contributed by atoms with van der Waals surface area (Å²) in [7, 11) is 0. The number of nitrogens with two attached hydrogens (primary N) is 1. The topological polar surface area (TPSA) is 55.6 Å². The van der Waals surface area contributed by atoms with Crippen molar-refractivity contribution in [3.8, 4) is 0 Å². The maximum atomic E-state index is 12.4. The fourth-order valence-corrected chi connectivity index (χ4v) is 2.30. The standard InChI is InChI=1S/C14H20N2O2/c1-10-4-3-5-12(6-10)14(17)16-8-11(2)18-13(7-15)9-16/h3-6,11,13H,7-9,15H2,1-2H3. The molecule has 1 amide bonds. The zero-order valence-corrected chi connectivity index (χ0v) is 10.9. The van der Waals surface area contributed by atoms with Gasteiger partial charge in [0, 0.05) is 25.2 Å². The summed E-state index contributed by atoms with van der Waals surface area (Å²) >= 11 is 0. The summed E-state index contributed by atoms with van der Waals surface area (Å²) in [5.41, 5.74) is 7.46. The number of benzene rings is 1. The Morgan fingerprint density at radius 2 is 2.28 bits per heavy atom. The number of carbonyl (C=O) groups is 1. The monoisotopic (exact) mass is 248 g/mol. The first kappa shape index (κ1) is 13.1. The molecule has 18 heavy (non-hydrogen) atoms. The number of hydrogen-bond acceptors (Lipinski definition) is 3. The molecule has 0 aromatic heterocycles. The molecule has 0 radical (unpaired) electrons. The van der Waals surface area contributed by atoms with Crippen LogP contribution in [0.5, 0.6) is 0 Å². The van der Waals surface area contributed by atoms with Crippen LogP contribution in [0.3, 0.4) is 0 Å². The van der Waals surface area contributed by atoms with Crippen LogP contribution in [0.25, 0.3) is 0 Å². The minimum Gasteiger partial charge on any atom is -0.370 e. The zero-order chi connectivity index (χ0) is 13.1. The molecular weight excluding hydrogens is 228 g/mol. The summed E-state index contributed by atoms with van der Waals surface area (Å²) in [4.78, 5) is 14.2. The first-order valence-corrected chi connectivity index (χ1v) is 6.31. The third kappa shape index (κ3) is 2.89. The van der Waals surface area contributed by atoms with Gasteiger partial charge in [0.05, 0.1) is 12.2 Å². The number of morpholine rings is 1. The van der Waals surface area contributed by atoms with Gasteiger partial charge in [0.25, 0.3) is 5.91 Å². The maximum Gasteiger partial charge on any atom is 0.254 e. The van der Waals surface area contributed by atoms with Crippen molar-refractivity contribution in [1.29, 1.82) is 0 Å². The highest BCUT2D eigenvalue weighted by molar-refractivity contribution is 5.94. The number of nitrogens with zero attached hydrogens (tertiary/aromatic N) is 1. The molecule has 0 saturated carbocycles. The second kappa shape index (κ2) is 5.50. The first-order valence-electron chi connectivity index (χ1n) is 6.31. The lowest BCUT2D eigenvalue weighted by atomic mass is 10.1. The van der Waals surface area contributed by atoms with E-state index in [2.05, 4.69) is 0 Å². The number of rotatable bonds is 2. The molecule has 2 unspecified atom stereocenters. The van der Waals surface area contributed by atoms with Gasteiger partial charge in [-0.2, -0.15) is 0 Å². The molecule has 1 fully saturated rings. The van der Waals surface area contributed by atoms with Crippen LogP contribution in [0.2, 0.25) is 0 Å². The van der Waals surface area contributed by atoms with Gasteiger partial charge < -0.3 is 15.4 Å². The molecule has 98 valence electrons. The quantitative estimate of drug-likeness (QED) is 0.855. The molecular formula is C14H20N2O2. The average Bonchev–Trinajstić information content (AvgIpc) is 2.37. The van der Waals surface area contributed by atoms with Crippen LogP contribution in [-0.2, 0) is 4.74 Å². The van der Waals surface area contributed by atoms with E-state index in [1.54, 1.807) is 0 Å². The van der Waals surface area contributed by atoms with Gasteiger partial charge >= 0.3 is 0 Å². The summed E-state index contributed by atoms with van der Waals surface area (Å²) in [6.07, 6.45) is -0.0106. The summed E-state index contributed by atoms with van der Waals surface area (Å²) < 4.78 is 5.66. The molecule has 0 bridgehead atoms. The highest BCUT2D eigenvalue weighted by Crippen LogP contribution is 2.14. The van der Waals surface area contributed by atoms with Gasteiger partial charge in [-0.1, -0.05) is 17.7 Å². The molecule has 1 saturated heterocycles. The molecule has 4 nitrogen and oxygen atoms in total. The lowest BCUT2D eigenvalue weighted by Crippen LogP contribution is -2.51. The molecule has 1 aliphatic heterocycles. The van der Waals surface area contributed by atoms with Crippen molar-refractivity contribution >= 4 is 5.91 Å². The number of carbonyl (C=O) groups excluding carboxylic acids is 1. The van der Waals surface area contributed by atoms with Gasteiger partial charge in [-0.25, -0.2) is 0 Å². The Labute approximate surface area is 108 Å². The Bertz CT molecular complexity index is 434. The van der Waals surface area contributed by atoms with Crippen molar-refractivity contribution in [1.82, 2.24) is 4.90 Å². The van der Waals surface area contributed by atoms with Crippen LogP contribution in [0, 0.1) is 6.92 Å². The number of amides is 1. The van der Waals surface area contributed by atoms with Crippen LogP contribution in [0.4, 0.5) is 0 Å². The average molecular weight is 248 g/mol. The van der Waals surface area contributed by atoms with E-state index in [0.717, 1.165) is 11.1 Å². The van der Waals surface area contributed by atoms with Crippen LogP contribution < -0.4 is 5.73 Å². The zero-order valence-electron chi connectivity index (χ0n) is 10.9. The van der Waals surface area contributed by atoms with E-state index >= 15 is 0 Å². The second-order valence-electron chi connectivity index (χ2n) is 4.88. The van der Waals surface area contributed by atoms with Crippen LogP contribution in [0.1, 0.15) is 22.8 Å². The number of aryl methyl sites for hydroxylation is 1. The van der Waals surface area contributed by atoms with E-state index in [0.29, 0.717) is 19.6 Å². The van der Waals surface area contributed by atoms with Crippen molar-refractivity contribution in [2.75, 3.05) is 19.6 Å². The third-order valence-corrected chi connectivity index (χ3v) is 3.14. The molecule has 2 atom stereocenters. The van der Waals surface area contributed by atoms with Gasteiger partial charge in [0.2, 0.25) is 0 Å². The summed E-state index contributed by atoms with van der Waals surface area (Å²) in [6.45, 7) is 5.61. The van der Waals surface area contributed by atoms with E-state index in [-0.39, 0.29) is 18.1 Å². The normalized spacial score (nSPS) is 24.1. The van der Waals surface area contributed by atoms with E-state index in [1.807, 2.05) is 43.0 Å². The van der Waals surface area contributed by atoms with Crippen LogP contribution in [-0.4, -0.2) is 42.6 Å². The van der Waals surface area contributed by atoms with Crippen molar-refractivity contribution in [2.24, 2.45) is 5.73 Å². The molecule has 4 heteroatoms. The van der Waals surface area contributed by atoms with Gasteiger partial charge in [-0.05, 0) is 26.0 Å². The summed E-state index contributed by atoms with van der Waals surface area (Å²) in [6, 6.07) is 7.67. The third-order valence-electron chi connectivity index (χ3n) is 3.14. The number of ether oxygens (including phenoxy) is 1. The van der Waals surface area contributed by atoms with E-state index < -0.39 is 0 Å². The molecule has 0 spiro atoms. The van der Waals surface area contributed by atoms with Gasteiger partial charge in [0.1, 0.15) is 0 Å².